The Bertz CT molecular complexity index is 1130. The Balaban J connectivity index is 1.63. The molecule has 0 saturated carbocycles. The van der Waals surface area contributed by atoms with Crippen LogP contribution in [0.1, 0.15) is 15.9 Å². The Morgan fingerprint density at radius 1 is 0.964 bits per heavy atom. The number of pyridine rings is 1. The van der Waals surface area contributed by atoms with E-state index in [0.717, 1.165) is 22.5 Å². The first kappa shape index (κ1) is 17.5. The van der Waals surface area contributed by atoms with Crippen molar-refractivity contribution in [1.29, 1.82) is 0 Å². The first-order valence-electron chi connectivity index (χ1n) is 8.87. The van der Waals surface area contributed by atoms with Gasteiger partial charge in [0.1, 0.15) is 0 Å². The maximum Gasteiger partial charge on any atom is 0.253 e. The van der Waals surface area contributed by atoms with E-state index < -0.39 is 0 Å². The highest BCUT2D eigenvalue weighted by molar-refractivity contribution is 5.93. The second-order valence-electron chi connectivity index (χ2n) is 6.27. The SMILES string of the molecule is O=C(NCc1cn(-c2ccccc2)nc1-c1ccccc1)c1ccc(=O)[nH]c1. The Hall–Kier alpha value is -3.93. The second-order valence-corrected chi connectivity index (χ2v) is 6.27. The van der Waals surface area contributed by atoms with E-state index in [4.69, 9.17) is 5.10 Å². The lowest BCUT2D eigenvalue weighted by molar-refractivity contribution is 0.0950. The molecular formula is C22H18N4O2. The molecule has 6 heteroatoms. The third kappa shape index (κ3) is 3.76. The van der Waals surface area contributed by atoms with Crippen molar-refractivity contribution in [1.82, 2.24) is 20.1 Å². The average molecular weight is 370 g/mol. The van der Waals surface area contributed by atoms with E-state index in [0.29, 0.717) is 12.1 Å². The highest BCUT2D eigenvalue weighted by Crippen LogP contribution is 2.23. The number of nitrogens with zero attached hydrogens (tertiary/aromatic N) is 2. The quantitative estimate of drug-likeness (QED) is 0.566. The van der Waals surface area contributed by atoms with Crippen molar-refractivity contribution in [3.63, 3.8) is 0 Å². The molecule has 0 saturated heterocycles. The predicted molar refractivity (Wildman–Crippen MR) is 107 cm³/mol. The van der Waals surface area contributed by atoms with Gasteiger partial charge in [-0.1, -0.05) is 48.5 Å². The van der Waals surface area contributed by atoms with Crippen LogP contribution in [-0.4, -0.2) is 20.7 Å². The predicted octanol–water partition coefficient (Wildman–Crippen LogP) is 3.16. The standard InChI is InChI=1S/C22H18N4O2/c27-20-12-11-17(13-23-20)22(28)24-14-18-15-26(19-9-5-2-6-10-19)25-21(18)16-7-3-1-4-8-16/h1-13,15H,14H2,(H,23,27)(H,24,28). The molecule has 6 nitrogen and oxygen atoms in total. The number of aromatic amines is 1. The van der Waals surface area contributed by atoms with Crippen LogP contribution in [-0.2, 0) is 6.54 Å². The minimum atomic E-state index is -0.261. The van der Waals surface area contributed by atoms with Gasteiger partial charge in [-0.05, 0) is 18.2 Å². The van der Waals surface area contributed by atoms with E-state index in [1.54, 1.807) is 0 Å². The Kier molecular flexibility index (Phi) is 4.84. The first-order valence-corrected chi connectivity index (χ1v) is 8.87. The smallest absolute Gasteiger partial charge is 0.253 e. The molecule has 1 amide bonds. The fraction of sp³-hybridized carbons (Fsp3) is 0.0455. The van der Waals surface area contributed by atoms with Crippen molar-refractivity contribution in [2.75, 3.05) is 0 Å². The molecule has 0 bridgehead atoms. The summed E-state index contributed by atoms with van der Waals surface area (Å²) in [7, 11) is 0. The van der Waals surface area contributed by atoms with Gasteiger partial charge in [0.05, 0.1) is 16.9 Å². The van der Waals surface area contributed by atoms with E-state index in [1.165, 1.54) is 18.3 Å². The van der Waals surface area contributed by atoms with Crippen LogP contribution in [0, 0.1) is 0 Å². The molecule has 4 rings (SSSR count). The largest absolute Gasteiger partial charge is 0.348 e. The number of hydrogen-bond donors (Lipinski definition) is 2. The maximum absolute atomic E-state index is 12.4. The number of amides is 1. The van der Waals surface area contributed by atoms with Gasteiger partial charge in [-0.3, -0.25) is 9.59 Å². The van der Waals surface area contributed by atoms with Gasteiger partial charge in [0.15, 0.2) is 0 Å². The van der Waals surface area contributed by atoms with Crippen LogP contribution >= 0.6 is 0 Å². The van der Waals surface area contributed by atoms with E-state index in [1.807, 2.05) is 71.5 Å². The molecule has 0 aliphatic carbocycles. The zero-order valence-corrected chi connectivity index (χ0v) is 15.0. The third-order valence-corrected chi connectivity index (χ3v) is 4.34. The summed E-state index contributed by atoms with van der Waals surface area (Å²) in [4.78, 5) is 26.1. The number of carbonyl (C=O) groups excluding carboxylic acids is 1. The Labute approximate surface area is 161 Å². The summed E-state index contributed by atoms with van der Waals surface area (Å²) in [6.07, 6.45) is 3.33. The normalized spacial score (nSPS) is 10.6. The van der Waals surface area contributed by atoms with Gasteiger partial charge in [-0.2, -0.15) is 5.10 Å². The zero-order chi connectivity index (χ0) is 19.3. The summed E-state index contributed by atoms with van der Waals surface area (Å²) in [5.41, 5.74) is 3.78. The van der Waals surface area contributed by atoms with Gasteiger partial charge in [-0.25, -0.2) is 4.68 Å². The van der Waals surface area contributed by atoms with Crippen molar-refractivity contribution in [3.8, 4) is 16.9 Å². The minimum absolute atomic E-state index is 0.243. The summed E-state index contributed by atoms with van der Waals surface area (Å²) in [5.74, 6) is -0.261. The van der Waals surface area contributed by atoms with Gasteiger partial charge in [0.2, 0.25) is 5.56 Å². The zero-order valence-electron chi connectivity index (χ0n) is 15.0. The minimum Gasteiger partial charge on any atom is -0.348 e. The number of rotatable bonds is 5. The molecule has 0 radical (unpaired) electrons. The highest BCUT2D eigenvalue weighted by atomic mass is 16.1. The molecule has 0 fully saturated rings. The number of hydrogen-bond acceptors (Lipinski definition) is 3. The van der Waals surface area contributed by atoms with Crippen LogP contribution in [0.25, 0.3) is 16.9 Å². The number of aromatic nitrogens is 3. The first-order chi connectivity index (χ1) is 13.7. The molecule has 0 aliphatic rings. The lowest BCUT2D eigenvalue weighted by Crippen LogP contribution is -2.23. The van der Waals surface area contributed by atoms with Crippen LogP contribution in [0.2, 0.25) is 0 Å². The third-order valence-electron chi connectivity index (χ3n) is 4.34. The molecule has 2 N–H and O–H groups in total. The summed E-state index contributed by atoms with van der Waals surface area (Å²) in [5, 5.41) is 7.63. The fourth-order valence-corrected chi connectivity index (χ4v) is 2.92. The Morgan fingerprint density at radius 3 is 2.36 bits per heavy atom. The van der Waals surface area contributed by atoms with E-state index in [-0.39, 0.29) is 11.5 Å². The van der Waals surface area contributed by atoms with E-state index in [9.17, 15) is 9.59 Å². The summed E-state index contributed by atoms with van der Waals surface area (Å²) < 4.78 is 1.81. The van der Waals surface area contributed by atoms with Gasteiger partial charge >= 0.3 is 0 Å². The molecule has 2 aromatic heterocycles. The molecule has 138 valence electrons. The van der Waals surface area contributed by atoms with E-state index in [2.05, 4.69) is 10.3 Å². The van der Waals surface area contributed by atoms with Gasteiger partial charge in [-0.15, -0.1) is 0 Å². The number of benzene rings is 2. The second kappa shape index (κ2) is 7.75. The lowest BCUT2D eigenvalue weighted by Gasteiger charge is -2.05. The molecule has 2 heterocycles. The molecule has 0 atom stereocenters. The fourth-order valence-electron chi connectivity index (χ4n) is 2.92. The van der Waals surface area contributed by atoms with E-state index >= 15 is 0 Å². The van der Waals surface area contributed by atoms with Crippen molar-refractivity contribution in [2.24, 2.45) is 0 Å². The molecule has 28 heavy (non-hydrogen) atoms. The molecule has 0 unspecified atom stereocenters. The molecule has 2 aromatic carbocycles. The summed E-state index contributed by atoms with van der Waals surface area (Å²) in [6.45, 7) is 0.315. The average Bonchev–Trinajstić information content (AvgIpc) is 3.18. The van der Waals surface area contributed by atoms with Gasteiger partial charge in [0.25, 0.3) is 5.91 Å². The van der Waals surface area contributed by atoms with Gasteiger partial charge < -0.3 is 10.3 Å². The molecule has 0 spiro atoms. The van der Waals surface area contributed by atoms with Crippen LogP contribution in [0.3, 0.4) is 0 Å². The van der Waals surface area contributed by atoms with Crippen LogP contribution in [0.5, 0.6) is 0 Å². The topological polar surface area (TPSA) is 79.8 Å². The van der Waals surface area contributed by atoms with Gasteiger partial charge in [0, 0.05) is 36.1 Å². The number of nitrogens with one attached hydrogen (secondary N) is 2. The summed E-state index contributed by atoms with van der Waals surface area (Å²) in [6, 6.07) is 22.5. The Morgan fingerprint density at radius 2 is 1.68 bits per heavy atom. The monoisotopic (exact) mass is 370 g/mol. The molecule has 4 aromatic rings. The van der Waals surface area contributed by atoms with Crippen LogP contribution < -0.4 is 10.9 Å². The molecular weight excluding hydrogens is 352 g/mol. The summed E-state index contributed by atoms with van der Waals surface area (Å²) >= 11 is 0. The van der Waals surface area contributed by atoms with Crippen molar-refractivity contribution >= 4 is 5.91 Å². The van der Waals surface area contributed by atoms with Crippen LogP contribution in [0.4, 0.5) is 0 Å². The van der Waals surface area contributed by atoms with Crippen molar-refractivity contribution in [2.45, 2.75) is 6.54 Å². The lowest BCUT2D eigenvalue weighted by atomic mass is 10.1. The number of carbonyl (C=O) groups is 1. The molecule has 0 aliphatic heterocycles. The van der Waals surface area contributed by atoms with Crippen molar-refractivity contribution in [3.05, 3.63) is 107 Å². The maximum atomic E-state index is 12.4. The van der Waals surface area contributed by atoms with Crippen molar-refractivity contribution < 1.29 is 4.79 Å². The number of H-pyrrole nitrogens is 1. The van der Waals surface area contributed by atoms with Crippen LogP contribution in [0.15, 0.2) is 90.0 Å². The highest BCUT2D eigenvalue weighted by Gasteiger charge is 2.14. The number of para-hydroxylation sites is 1.